The number of rotatable bonds is 4. The van der Waals surface area contributed by atoms with Crippen molar-refractivity contribution in [3.05, 3.63) is 60.4 Å². The lowest BCUT2D eigenvalue weighted by Gasteiger charge is -2.11. The minimum absolute atomic E-state index is 0.0665. The fourth-order valence-corrected chi connectivity index (χ4v) is 2.88. The van der Waals surface area contributed by atoms with Gasteiger partial charge in [0.25, 0.3) is 0 Å². The lowest BCUT2D eigenvalue weighted by atomic mass is 10.1. The van der Waals surface area contributed by atoms with Crippen LogP contribution in [0.3, 0.4) is 0 Å². The summed E-state index contributed by atoms with van der Waals surface area (Å²) in [6.45, 7) is 0. The van der Waals surface area contributed by atoms with Crippen LogP contribution in [0, 0.1) is 11.6 Å². The molecule has 4 aromatic rings. The Morgan fingerprint density at radius 2 is 1.57 bits per heavy atom. The number of H-pyrrole nitrogens is 2. The molecule has 0 aliphatic heterocycles. The number of halogens is 2. The molecule has 0 aliphatic carbocycles. The Morgan fingerprint density at radius 1 is 0.900 bits per heavy atom. The molecule has 4 rings (SSSR count). The molecule has 0 unspecified atom stereocenters. The van der Waals surface area contributed by atoms with Crippen LogP contribution < -0.4 is 22.1 Å². The van der Waals surface area contributed by atoms with Gasteiger partial charge in [-0.3, -0.25) is 0 Å². The van der Waals surface area contributed by atoms with Crippen molar-refractivity contribution in [1.82, 2.24) is 19.9 Å². The maximum atomic E-state index is 14.8. The minimum atomic E-state index is -0.742. The van der Waals surface area contributed by atoms with E-state index in [9.17, 15) is 13.6 Å². The van der Waals surface area contributed by atoms with Gasteiger partial charge in [0, 0.05) is 16.8 Å². The molecular weight excluding hydrogens is 394 g/mol. The van der Waals surface area contributed by atoms with Crippen LogP contribution in [0.2, 0.25) is 0 Å². The summed E-state index contributed by atoms with van der Waals surface area (Å²) in [6, 6.07) is 7.82. The van der Waals surface area contributed by atoms with Crippen LogP contribution in [0.1, 0.15) is 0 Å². The molecule has 8 N–H and O–H groups in total. The third kappa shape index (κ3) is 3.76. The summed E-state index contributed by atoms with van der Waals surface area (Å²) in [5, 5.41) is 4.86. The Kier molecular flexibility index (Phi) is 4.76. The fraction of sp³-hybridized carbons (Fsp3) is 0. The molecule has 11 heteroatoms. The number of nitrogens with two attached hydrogens (primary N) is 2. The molecule has 0 saturated heterocycles. The fourth-order valence-electron chi connectivity index (χ4n) is 2.88. The van der Waals surface area contributed by atoms with Gasteiger partial charge < -0.3 is 32.1 Å². The van der Waals surface area contributed by atoms with Crippen molar-refractivity contribution < 1.29 is 13.6 Å². The first-order valence-corrected chi connectivity index (χ1v) is 8.68. The van der Waals surface area contributed by atoms with Gasteiger partial charge in [-0.15, -0.1) is 0 Å². The summed E-state index contributed by atoms with van der Waals surface area (Å²) in [5.74, 6) is -0.965. The van der Waals surface area contributed by atoms with E-state index in [1.54, 1.807) is 6.07 Å². The Labute approximate surface area is 168 Å². The summed E-state index contributed by atoms with van der Waals surface area (Å²) < 4.78 is 29.2. The predicted molar refractivity (Wildman–Crippen MR) is 109 cm³/mol. The van der Waals surface area contributed by atoms with E-state index in [2.05, 4.69) is 30.6 Å². The van der Waals surface area contributed by atoms with Crippen molar-refractivity contribution in [3.8, 4) is 22.5 Å². The zero-order valence-electron chi connectivity index (χ0n) is 15.3. The molecule has 2 aromatic carbocycles. The Bertz CT molecular complexity index is 1230. The molecule has 0 spiro atoms. The number of aromatic amines is 2. The van der Waals surface area contributed by atoms with Crippen molar-refractivity contribution in [1.29, 1.82) is 0 Å². The van der Waals surface area contributed by atoms with Crippen LogP contribution in [-0.4, -0.2) is 26.0 Å². The molecule has 0 bridgehead atoms. The van der Waals surface area contributed by atoms with Gasteiger partial charge in [0.2, 0.25) is 0 Å². The quantitative estimate of drug-likeness (QED) is 0.304. The number of imidazole rings is 2. The highest BCUT2D eigenvalue weighted by Crippen LogP contribution is 2.27. The minimum Gasteiger partial charge on any atom is -0.369 e. The molecule has 2 heterocycles. The Balaban J connectivity index is 1.49. The normalized spacial score (nSPS) is 10.7. The zero-order valence-corrected chi connectivity index (χ0v) is 15.3. The summed E-state index contributed by atoms with van der Waals surface area (Å²) in [6.07, 6.45) is 2.78. The number of nitrogens with one attached hydrogen (secondary N) is 4. The molecular formula is C19H16F2N8O. The number of hydrogen-bond donors (Lipinski definition) is 6. The first-order valence-electron chi connectivity index (χ1n) is 8.68. The van der Waals surface area contributed by atoms with E-state index >= 15 is 0 Å². The van der Waals surface area contributed by atoms with Crippen LogP contribution >= 0.6 is 0 Å². The standard InChI is InChI=1S/C19H16F2N8O/c20-12-6-9(4-5-10(12)14-7-24-17(22)27-14)26-19(30)29-13-3-1-2-11(16(13)21)15-8-25-18(23)28-15/h1-8H,(H3,22,24,27)(H3,23,25,28)(H2,26,29,30). The number of anilines is 4. The maximum absolute atomic E-state index is 14.8. The average Bonchev–Trinajstić information content (AvgIpc) is 3.32. The number of benzene rings is 2. The second-order valence-electron chi connectivity index (χ2n) is 6.31. The summed E-state index contributed by atoms with van der Waals surface area (Å²) >= 11 is 0. The van der Waals surface area contributed by atoms with Gasteiger partial charge in [0.1, 0.15) is 5.82 Å². The molecule has 0 saturated carbocycles. The van der Waals surface area contributed by atoms with E-state index in [1.165, 1.54) is 36.7 Å². The molecule has 0 aliphatic rings. The van der Waals surface area contributed by atoms with Crippen LogP contribution in [-0.2, 0) is 0 Å². The molecule has 2 aromatic heterocycles. The van der Waals surface area contributed by atoms with E-state index in [-0.39, 0.29) is 34.4 Å². The summed E-state index contributed by atoms with van der Waals surface area (Å²) in [5.41, 5.74) is 12.3. The van der Waals surface area contributed by atoms with E-state index in [0.717, 1.165) is 6.07 Å². The van der Waals surface area contributed by atoms with E-state index in [0.29, 0.717) is 11.4 Å². The number of hydrogen-bond acceptors (Lipinski definition) is 5. The molecule has 2 amide bonds. The second kappa shape index (κ2) is 7.54. The second-order valence-corrected chi connectivity index (χ2v) is 6.31. The number of amides is 2. The lowest BCUT2D eigenvalue weighted by Crippen LogP contribution is -2.20. The van der Waals surface area contributed by atoms with Crippen LogP contribution in [0.5, 0.6) is 0 Å². The van der Waals surface area contributed by atoms with Crippen LogP contribution in [0.15, 0.2) is 48.8 Å². The number of carbonyl (C=O) groups is 1. The highest BCUT2D eigenvalue weighted by Gasteiger charge is 2.15. The van der Waals surface area contributed by atoms with Crippen molar-refractivity contribution >= 4 is 29.3 Å². The molecule has 9 nitrogen and oxygen atoms in total. The summed E-state index contributed by atoms with van der Waals surface area (Å²) in [4.78, 5) is 25.4. The maximum Gasteiger partial charge on any atom is 0.323 e. The first-order chi connectivity index (χ1) is 14.4. The van der Waals surface area contributed by atoms with Crippen LogP contribution in [0.25, 0.3) is 22.5 Å². The Hall–Kier alpha value is -4.41. The van der Waals surface area contributed by atoms with E-state index in [4.69, 9.17) is 11.5 Å². The van der Waals surface area contributed by atoms with Crippen molar-refractivity contribution in [2.75, 3.05) is 22.1 Å². The van der Waals surface area contributed by atoms with Gasteiger partial charge in [-0.2, -0.15) is 0 Å². The SMILES string of the molecule is Nc1ncc(-c2ccc(NC(=O)Nc3cccc(-c4cnc(N)[nH]4)c3F)cc2F)[nH]1. The summed E-state index contributed by atoms with van der Waals surface area (Å²) in [7, 11) is 0. The average molecular weight is 410 g/mol. The monoisotopic (exact) mass is 410 g/mol. The Morgan fingerprint density at radius 3 is 2.17 bits per heavy atom. The number of aromatic nitrogens is 4. The molecule has 0 fully saturated rings. The molecule has 0 radical (unpaired) electrons. The third-order valence-electron chi connectivity index (χ3n) is 4.25. The highest BCUT2D eigenvalue weighted by atomic mass is 19.1. The largest absolute Gasteiger partial charge is 0.369 e. The van der Waals surface area contributed by atoms with Crippen LogP contribution in [0.4, 0.5) is 36.8 Å². The predicted octanol–water partition coefficient (Wildman–Crippen LogP) is 3.55. The molecule has 30 heavy (non-hydrogen) atoms. The first kappa shape index (κ1) is 18.9. The number of carbonyl (C=O) groups excluding carboxylic acids is 1. The number of urea groups is 1. The van der Waals surface area contributed by atoms with Crippen molar-refractivity contribution in [2.24, 2.45) is 0 Å². The lowest BCUT2D eigenvalue weighted by molar-refractivity contribution is 0.262. The van der Waals surface area contributed by atoms with Gasteiger partial charge in [-0.1, -0.05) is 6.07 Å². The van der Waals surface area contributed by atoms with Gasteiger partial charge in [0.15, 0.2) is 17.7 Å². The topological polar surface area (TPSA) is 151 Å². The number of nitrogens with zero attached hydrogens (tertiary/aromatic N) is 2. The number of nitrogen functional groups attached to an aromatic ring is 2. The van der Waals surface area contributed by atoms with Gasteiger partial charge in [-0.05, 0) is 30.3 Å². The van der Waals surface area contributed by atoms with E-state index < -0.39 is 17.7 Å². The molecule has 152 valence electrons. The van der Waals surface area contributed by atoms with Gasteiger partial charge in [-0.25, -0.2) is 23.5 Å². The third-order valence-corrected chi connectivity index (χ3v) is 4.25. The van der Waals surface area contributed by atoms with Crippen molar-refractivity contribution in [3.63, 3.8) is 0 Å². The van der Waals surface area contributed by atoms with Gasteiger partial charge in [0.05, 0.1) is 29.5 Å². The molecule has 0 atom stereocenters. The smallest absolute Gasteiger partial charge is 0.323 e. The highest BCUT2D eigenvalue weighted by molar-refractivity contribution is 6.00. The van der Waals surface area contributed by atoms with E-state index in [1.807, 2.05) is 0 Å². The zero-order chi connectivity index (χ0) is 21.3. The van der Waals surface area contributed by atoms with Gasteiger partial charge >= 0.3 is 6.03 Å². The van der Waals surface area contributed by atoms with Crippen molar-refractivity contribution in [2.45, 2.75) is 0 Å².